The van der Waals surface area contributed by atoms with E-state index in [1.807, 2.05) is 91.0 Å². The van der Waals surface area contributed by atoms with Gasteiger partial charge in [-0.1, -0.05) is 123 Å². The molecule has 184 valence electrons. The van der Waals surface area contributed by atoms with Gasteiger partial charge in [0, 0.05) is 0 Å². The largest absolute Gasteiger partial charge is 0.332 e. The molecule has 0 bridgehead atoms. The van der Waals surface area contributed by atoms with Crippen molar-refractivity contribution in [2.75, 3.05) is 6.16 Å². The Morgan fingerprint density at radius 1 is 0.800 bits per heavy atom. The van der Waals surface area contributed by atoms with Crippen molar-refractivity contribution in [2.45, 2.75) is 50.1 Å². The van der Waals surface area contributed by atoms with Crippen LogP contribution in [0.25, 0.3) is 0 Å². The van der Waals surface area contributed by atoms with Gasteiger partial charge in [0.1, 0.15) is 6.16 Å². The fourth-order valence-corrected chi connectivity index (χ4v) is 6.04. The predicted molar refractivity (Wildman–Crippen MR) is 139 cm³/mol. The lowest BCUT2D eigenvalue weighted by molar-refractivity contribution is -0.119. The van der Waals surface area contributed by atoms with Crippen molar-refractivity contribution in [1.29, 1.82) is 0 Å². The molecule has 3 aromatic carbocycles. The molecule has 5 nitrogen and oxygen atoms in total. The van der Waals surface area contributed by atoms with Crippen LogP contribution in [0.3, 0.4) is 0 Å². The first kappa shape index (κ1) is 25.5. The molecule has 1 saturated carbocycles. The number of ketones is 1. The lowest BCUT2D eigenvalue weighted by atomic mass is 9.75. The second-order valence-corrected chi connectivity index (χ2v) is 11.2. The fraction of sp³-hybridized carbons (Fsp3) is 0.345. The van der Waals surface area contributed by atoms with Gasteiger partial charge in [0.05, 0.1) is 11.6 Å². The molecule has 4 rings (SSSR count). The van der Waals surface area contributed by atoms with Gasteiger partial charge in [-0.2, -0.15) is 0 Å². The molecule has 6 heteroatoms. The maximum atomic E-state index is 13.4. The predicted octanol–water partition coefficient (Wildman–Crippen LogP) is 5.65. The summed E-state index contributed by atoms with van der Waals surface area (Å²) < 4.78 is 11.9. The molecule has 3 aromatic rings. The molecule has 0 amide bonds. The average Bonchev–Trinajstić information content (AvgIpc) is 2.88. The van der Waals surface area contributed by atoms with E-state index in [2.05, 4.69) is 5.32 Å². The molecule has 3 N–H and O–H groups in total. The number of nitrogens with one attached hydrogen (secondary N) is 1. The van der Waals surface area contributed by atoms with Gasteiger partial charge in [-0.3, -0.25) is 14.7 Å². The summed E-state index contributed by atoms with van der Waals surface area (Å²) in [6.45, 7) is 0. The Balaban J connectivity index is 1.85. The smallest absolute Gasteiger partial charge is 0.324 e. The van der Waals surface area contributed by atoms with Crippen LogP contribution in [0.2, 0.25) is 0 Å². The summed E-state index contributed by atoms with van der Waals surface area (Å²) in [6, 6.07) is 29.3. The maximum absolute atomic E-state index is 13.4. The maximum Gasteiger partial charge on any atom is 0.332 e. The highest BCUT2D eigenvalue weighted by Gasteiger charge is 2.41. The van der Waals surface area contributed by atoms with E-state index in [0.29, 0.717) is 12.3 Å². The van der Waals surface area contributed by atoms with Gasteiger partial charge in [-0.25, -0.2) is 0 Å². The molecule has 0 aliphatic heterocycles. The van der Waals surface area contributed by atoms with Crippen molar-refractivity contribution in [3.63, 3.8) is 0 Å². The number of carbonyl (C=O) groups is 1. The molecule has 0 heterocycles. The Labute approximate surface area is 207 Å². The van der Waals surface area contributed by atoms with Crippen LogP contribution in [0.15, 0.2) is 91.0 Å². The van der Waals surface area contributed by atoms with E-state index in [1.165, 1.54) is 6.42 Å². The van der Waals surface area contributed by atoms with Crippen LogP contribution in [0.4, 0.5) is 0 Å². The molecule has 0 unspecified atom stereocenters. The van der Waals surface area contributed by atoms with Crippen LogP contribution in [-0.2, 0) is 14.9 Å². The Hall–Kier alpha value is -2.56. The zero-order valence-corrected chi connectivity index (χ0v) is 20.8. The van der Waals surface area contributed by atoms with Crippen LogP contribution in [0, 0.1) is 5.92 Å². The number of hydrogen-bond acceptors (Lipinski definition) is 3. The Bertz CT molecular complexity index is 1030. The van der Waals surface area contributed by atoms with Gasteiger partial charge >= 0.3 is 7.60 Å². The van der Waals surface area contributed by atoms with Gasteiger partial charge in [0.25, 0.3) is 0 Å². The average molecular weight is 492 g/mol. The Morgan fingerprint density at radius 2 is 1.23 bits per heavy atom. The normalized spacial score (nSPS) is 16.1. The Kier molecular flexibility index (Phi) is 8.35. The molecule has 1 aliphatic carbocycles. The van der Waals surface area contributed by atoms with Crippen LogP contribution >= 0.6 is 7.60 Å². The van der Waals surface area contributed by atoms with E-state index < -0.39 is 31.1 Å². The third-order valence-corrected chi connectivity index (χ3v) is 7.78. The minimum atomic E-state index is -4.50. The number of rotatable bonds is 10. The molecule has 1 aliphatic rings. The first-order valence-electron chi connectivity index (χ1n) is 12.4. The van der Waals surface area contributed by atoms with Crippen molar-refractivity contribution in [2.24, 2.45) is 5.92 Å². The summed E-state index contributed by atoms with van der Waals surface area (Å²) in [5.74, 6) is -0.0851. The molecular formula is C29H34NO4P. The monoisotopic (exact) mass is 491 g/mol. The van der Waals surface area contributed by atoms with Crippen LogP contribution < -0.4 is 5.32 Å². The van der Waals surface area contributed by atoms with E-state index in [4.69, 9.17) is 0 Å². The quantitative estimate of drug-likeness (QED) is 0.252. The van der Waals surface area contributed by atoms with Gasteiger partial charge < -0.3 is 9.79 Å². The van der Waals surface area contributed by atoms with Crippen molar-refractivity contribution in [3.8, 4) is 0 Å². The van der Waals surface area contributed by atoms with Crippen molar-refractivity contribution in [1.82, 2.24) is 5.32 Å². The fourth-order valence-electron chi connectivity index (χ4n) is 5.42. The van der Waals surface area contributed by atoms with Crippen molar-refractivity contribution in [3.05, 3.63) is 108 Å². The van der Waals surface area contributed by atoms with Gasteiger partial charge in [0.2, 0.25) is 0 Å². The second-order valence-electron chi connectivity index (χ2n) is 9.57. The summed E-state index contributed by atoms with van der Waals surface area (Å²) in [4.78, 5) is 32.8. The highest BCUT2D eigenvalue weighted by atomic mass is 31.2. The van der Waals surface area contributed by atoms with Crippen LogP contribution in [0.1, 0.15) is 55.2 Å². The highest BCUT2D eigenvalue weighted by molar-refractivity contribution is 7.52. The van der Waals surface area contributed by atoms with Gasteiger partial charge in [0.15, 0.2) is 5.78 Å². The summed E-state index contributed by atoms with van der Waals surface area (Å²) in [5, 5.41) is 3.69. The molecule has 0 radical (unpaired) electrons. The number of hydrogen-bond donors (Lipinski definition) is 3. The third-order valence-electron chi connectivity index (χ3n) is 7.06. The zero-order chi connectivity index (χ0) is 24.7. The van der Waals surface area contributed by atoms with Gasteiger partial charge in [-0.15, -0.1) is 0 Å². The lowest BCUT2D eigenvalue weighted by Gasteiger charge is -2.41. The summed E-state index contributed by atoms with van der Waals surface area (Å²) in [6.07, 6.45) is 5.34. The number of Topliss-reactive ketones (excluding diaryl/α,β-unsaturated/α-hetero) is 1. The molecule has 1 fully saturated rings. The molecule has 0 aromatic heterocycles. The first-order chi connectivity index (χ1) is 16.9. The minimum absolute atomic E-state index is 0.349. The van der Waals surface area contributed by atoms with E-state index in [-0.39, 0.29) is 0 Å². The molecule has 1 atom stereocenters. The summed E-state index contributed by atoms with van der Waals surface area (Å²) in [7, 11) is -4.50. The lowest BCUT2D eigenvalue weighted by Crippen LogP contribution is -2.53. The molecular weight excluding hydrogens is 457 g/mol. The first-order valence-corrected chi connectivity index (χ1v) is 14.2. The number of carbonyl (C=O) groups excluding carboxylic acids is 1. The van der Waals surface area contributed by atoms with E-state index in [9.17, 15) is 19.1 Å². The zero-order valence-electron chi connectivity index (χ0n) is 19.9. The topological polar surface area (TPSA) is 86.6 Å². The van der Waals surface area contributed by atoms with E-state index >= 15 is 0 Å². The van der Waals surface area contributed by atoms with Crippen LogP contribution in [0.5, 0.6) is 0 Å². The van der Waals surface area contributed by atoms with Crippen molar-refractivity contribution < 1.29 is 19.1 Å². The highest BCUT2D eigenvalue weighted by Crippen LogP contribution is 2.40. The second kappa shape index (κ2) is 11.5. The molecule has 35 heavy (non-hydrogen) atoms. The summed E-state index contributed by atoms with van der Waals surface area (Å²) >= 11 is 0. The SMILES string of the molecule is O=C(CP(=O)(O)O)[C@H](CC1CCCCC1)NC(c1ccccc1)(c1ccccc1)c1ccccc1. The Morgan fingerprint density at radius 3 is 1.63 bits per heavy atom. The van der Waals surface area contributed by atoms with E-state index in [1.54, 1.807) is 0 Å². The van der Waals surface area contributed by atoms with Crippen LogP contribution in [-0.4, -0.2) is 27.8 Å². The number of benzene rings is 3. The summed E-state index contributed by atoms with van der Waals surface area (Å²) in [5.41, 5.74) is 2.04. The minimum Gasteiger partial charge on any atom is -0.324 e. The van der Waals surface area contributed by atoms with Crippen molar-refractivity contribution >= 4 is 13.4 Å². The van der Waals surface area contributed by atoms with E-state index in [0.717, 1.165) is 42.4 Å². The standard InChI is InChI=1S/C29H34NO4P/c31-28(22-35(32,33)34)27(21-23-13-5-1-6-14-23)30-29(24-15-7-2-8-16-24,25-17-9-3-10-18-25)26-19-11-4-12-20-26/h2-4,7-12,15-20,23,27,30H,1,5-6,13-14,21-22H2,(H2,32,33,34)/t27-/m0/s1. The molecule has 0 saturated heterocycles. The third kappa shape index (κ3) is 6.36. The van der Waals surface area contributed by atoms with Gasteiger partial charge in [-0.05, 0) is 29.0 Å². The molecule has 0 spiro atoms.